The van der Waals surface area contributed by atoms with Crippen LogP contribution < -0.4 is 10.1 Å². The summed E-state index contributed by atoms with van der Waals surface area (Å²) < 4.78 is 5.84. The van der Waals surface area contributed by atoms with Crippen molar-refractivity contribution in [3.63, 3.8) is 0 Å². The van der Waals surface area contributed by atoms with Crippen molar-refractivity contribution in [1.82, 2.24) is 0 Å². The van der Waals surface area contributed by atoms with Crippen molar-refractivity contribution in [3.05, 3.63) is 58.7 Å². The fourth-order valence-electron chi connectivity index (χ4n) is 3.23. The summed E-state index contributed by atoms with van der Waals surface area (Å²) in [5.41, 5.74) is 4.60. The van der Waals surface area contributed by atoms with Crippen LogP contribution in [0.2, 0.25) is 0 Å². The van der Waals surface area contributed by atoms with Crippen molar-refractivity contribution in [3.8, 4) is 5.75 Å². The van der Waals surface area contributed by atoms with Crippen molar-refractivity contribution in [2.24, 2.45) is 0 Å². The van der Waals surface area contributed by atoms with Gasteiger partial charge in [0.05, 0.1) is 0 Å². The van der Waals surface area contributed by atoms with E-state index in [0.29, 0.717) is 6.61 Å². The minimum Gasteiger partial charge on any atom is -0.491 e. The van der Waals surface area contributed by atoms with Gasteiger partial charge in [0.2, 0.25) is 5.91 Å². The van der Waals surface area contributed by atoms with Crippen LogP contribution in [-0.2, 0) is 10.2 Å². The van der Waals surface area contributed by atoms with Crippen LogP contribution >= 0.6 is 0 Å². The van der Waals surface area contributed by atoms with Crippen LogP contribution in [0.1, 0.15) is 22.3 Å². The van der Waals surface area contributed by atoms with Crippen molar-refractivity contribution in [2.45, 2.75) is 19.3 Å². The van der Waals surface area contributed by atoms with Gasteiger partial charge < -0.3 is 10.1 Å². The van der Waals surface area contributed by atoms with E-state index in [2.05, 4.69) is 25.2 Å². The zero-order chi connectivity index (χ0) is 13.9. The van der Waals surface area contributed by atoms with Crippen molar-refractivity contribution < 1.29 is 9.53 Å². The minimum atomic E-state index is -0.676. The summed E-state index contributed by atoms with van der Waals surface area (Å²) >= 11 is 0. The average molecular weight is 265 g/mol. The standard InChI is InChI=1S/C17H15NO2/c1-10-7-13-15(8-11(10)2)20-9-17(13)12-5-3-4-6-14(12)18-16(17)19/h3-8H,9H2,1-2H3,(H,18,19). The lowest BCUT2D eigenvalue weighted by Gasteiger charge is -2.20. The normalized spacial score (nSPS) is 22.4. The Kier molecular flexibility index (Phi) is 2.09. The van der Waals surface area contributed by atoms with Gasteiger partial charge in [-0.3, -0.25) is 4.79 Å². The Morgan fingerprint density at radius 1 is 1.10 bits per heavy atom. The Labute approximate surface area is 117 Å². The van der Waals surface area contributed by atoms with E-state index in [0.717, 1.165) is 22.6 Å². The number of carbonyl (C=O) groups is 1. The fraction of sp³-hybridized carbons (Fsp3) is 0.235. The van der Waals surface area contributed by atoms with Crippen LogP contribution in [0.25, 0.3) is 0 Å². The number of amides is 1. The molecule has 1 unspecified atom stereocenters. The number of aryl methyl sites for hydroxylation is 2. The van der Waals surface area contributed by atoms with Crippen molar-refractivity contribution >= 4 is 11.6 Å². The quantitative estimate of drug-likeness (QED) is 0.795. The minimum absolute atomic E-state index is 0.0145. The molecule has 0 saturated heterocycles. The molecule has 0 aliphatic carbocycles. The van der Waals surface area contributed by atoms with Gasteiger partial charge in [-0.2, -0.15) is 0 Å². The summed E-state index contributed by atoms with van der Waals surface area (Å²) in [6, 6.07) is 12.0. The lowest BCUT2D eigenvalue weighted by molar-refractivity contribution is -0.119. The molecule has 20 heavy (non-hydrogen) atoms. The van der Waals surface area contributed by atoms with E-state index < -0.39 is 5.41 Å². The highest BCUT2D eigenvalue weighted by molar-refractivity contribution is 6.09. The summed E-state index contributed by atoms with van der Waals surface area (Å²) in [7, 11) is 0. The highest BCUT2D eigenvalue weighted by Crippen LogP contribution is 2.50. The maximum absolute atomic E-state index is 12.6. The van der Waals surface area contributed by atoms with Gasteiger partial charge in [-0.15, -0.1) is 0 Å². The number of nitrogens with one attached hydrogen (secondary N) is 1. The summed E-state index contributed by atoms with van der Waals surface area (Å²) in [6.45, 7) is 4.51. The third kappa shape index (κ3) is 1.22. The first-order valence-electron chi connectivity index (χ1n) is 6.78. The third-order valence-corrected chi connectivity index (χ3v) is 4.52. The molecule has 2 aromatic rings. The molecule has 2 aliphatic heterocycles. The van der Waals surface area contributed by atoms with E-state index in [1.807, 2.05) is 30.3 Å². The number of hydrogen-bond acceptors (Lipinski definition) is 2. The molecule has 1 atom stereocenters. The number of rotatable bonds is 0. The lowest BCUT2D eigenvalue weighted by atomic mass is 9.76. The van der Waals surface area contributed by atoms with Crippen LogP contribution in [0.15, 0.2) is 36.4 Å². The molecular weight excluding hydrogens is 250 g/mol. The van der Waals surface area contributed by atoms with Crippen LogP contribution in [0.4, 0.5) is 5.69 Å². The number of para-hydroxylation sites is 1. The van der Waals surface area contributed by atoms with Crippen LogP contribution in [0, 0.1) is 13.8 Å². The topological polar surface area (TPSA) is 38.3 Å². The van der Waals surface area contributed by atoms with E-state index in [9.17, 15) is 4.79 Å². The molecule has 0 radical (unpaired) electrons. The van der Waals surface area contributed by atoms with Gasteiger partial charge in [0, 0.05) is 11.3 Å². The average Bonchev–Trinajstić information content (AvgIpc) is 2.93. The largest absolute Gasteiger partial charge is 0.491 e. The maximum Gasteiger partial charge on any atom is 0.243 e. The first kappa shape index (κ1) is 11.5. The summed E-state index contributed by atoms with van der Waals surface area (Å²) in [5, 5.41) is 2.99. The molecule has 0 saturated carbocycles. The monoisotopic (exact) mass is 265 g/mol. The Hall–Kier alpha value is -2.29. The van der Waals surface area contributed by atoms with E-state index in [1.165, 1.54) is 11.1 Å². The second kappa shape index (κ2) is 3.63. The second-order valence-corrected chi connectivity index (χ2v) is 5.63. The SMILES string of the molecule is Cc1cc2c(cc1C)C1(CO2)C(=O)Nc2ccccc21. The highest BCUT2D eigenvalue weighted by atomic mass is 16.5. The predicted octanol–water partition coefficient (Wildman–Crippen LogP) is 2.93. The van der Waals surface area contributed by atoms with Crippen molar-refractivity contribution in [1.29, 1.82) is 0 Å². The Balaban J connectivity index is 2.02. The Morgan fingerprint density at radius 3 is 2.70 bits per heavy atom. The highest BCUT2D eigenvalue weighted by Gasteiger charge is 2.53. The molecule has 2 aromatic carbocycles. The molecule has 1 spiro atoms. The number of ether oxygens (including phenoxy) is 1. The molecule has 4 rings (SSSR count). The van der Waals surface area contributed by atoms with Gasteiger partial charge in [0.25, 0.3) is 0 Å². The Bertz CT molecular complexity index is 751. The van der Waals surface area contributed by atoms with Gasteiger partial charge >= 0.3 is 0 Å². The predicted molar refractivity (Wildman–Crippen MR) is 77.3 cm³/mol. The van der Waals surface area contributed by atoms with Crippen LogP contribution in [0.5, 0.6) is 5.75 Å². The summed E-state index contributed by atoms with van der Waals surface area (Å²) in [6.07, 6.45) is 0. The summed E-state index contributed by atoms with van der Waals surface area (Å²) in [4.78, 5) is 12.6. The van der Waals surface area contributed by atoms with Gasteiger partial charge in [0.15, 0.2) is 0 Å². The number of anilines is 1. The molecule has 2 aliphatic rings. The van der Waals surface area contributed by atoms with Gasteiger partial charge in [-0.1, -0.05) is 24.3 Å². The molecule has 100 valence electrons. The third-order valence-electron chi connectivity index (χ3n) is 4.52. The number of fused-ring (bicyclic) bond motifs is 4. The zero-order valence-corrected chi connectivity index (χ0v) is 11.5. The van der Waals surface area contributed by atoms with Gasteiger partial charge in [-0.05, 0) is 42.7 Å². The number of benzene rings is 2. The molecule has 1 amide bonds. The lowest BCUT2D eigenvalue weighted by Crippen LogP contribution is -2.37. The molecule has 1 N–H and O–H groups in total. The number of carbonyl (C=O) groups excluding carboxylic acids is 1. The van der Waals surface area contributed by atoms with E-state index in [1.54, 1.807) is 0 Å². The van der Waals surface area contributed by atoms with E-state index >= 15 is 0 Å². The molecule has 0 aromatic heterocycles. The smallest absolute Gasteiger partial charge is 0.243 e. The van der Waals surface area contributed by atoms with Gasteiger partial charge in [-0.25, -0.2) is 0 Å². The molecule has 0 bridgehead atoms. The first-order valence-corrected chi connectivity index (χ1v) is 6.78. The molecular formula is C17H15NO2. The molecule has 3 nitrogen and oxygen atoms in total. The molecule has 0 fully saturated rings. The van der Waals surface area contributed by atoms with E-state index in [-0.39, 0.29) is 5.91 Å². The van der Waals surface area contributed by atoms with Crippen molar-refractivity contribution in [2.75, 3.05) is 11.9 Å². The van der Waals surface area contributed by atoms with Crippen LogP contribution in [0.3, 0.4) is 0 Å². The fourth-order valence-corrected chi connectivity index (χ4v) is 3.23. The first-order chi connectivity index (χ1) is 9.63. The molecule has 3 heteroatoms. The zero-order valence-electron chi connectivity index (χ0n) is 11.5. The Morgan fingerprint density at radius 2 is 1.85 bits per heavy atom. The van der Waals surface area contributed by atoms with Crippen LogP contribution in [-0.4, -0.2) is 12.5 Å². The summed E-state index contributed by atoms with van der Waals surface area (Å²) in [5.74, 6) is 0.848. The maximum atomic E-state index is 12.6. The second-order valence-electron chi connectivity index (χ2n) is 5.63. The van der Waals surface area contributed by atoms with E-state index in [4.69, 9.17) is 4.74 Å². The van der Waals surface area contributed by atoms with Gasteiger partial charge in [0.1, 0.15) is 17.8 Å². The molecule has 2 heterocycles. The number of hydrogen-bond donors (Lipinski definition) is 1.